The van der Waals surface area contributed by atoms with Gasteiger partial charge in [0.25, 0.3) is 0 Å². The molecule has 0 aliphatic carbocycles. The van der Waals surface area contributed by atoms with Gasteiger partial charge in [0.2, 0.25) is 17.7 Å². The molecule has 10 nitrogen and oxygen atoms in total. The van der Waals surface area contributed by atoms with Crippen molar-refractivity contribution in [1.29, 1.82) is 0 Å². The third-order valence-electron chi connectivity index (χ3n) is 6.59. The van der Waals surface area contributed by atoms with Gasteiger partial charge in [-0.15, -0.1) is 0 Å². The summed E-state index contributed by atoms with van der Waals surface area (Å²) >= 11 is 1.53. The predicted octanol–water partition coefficient (Wildman–Crippen LogP) is 0.567. The molecule has 3 amide bonds. The van der Waals surface area contributed by atoms with Crippen molar-refractivity contribution in [3.8, 4) is 5.75 Å². The molecule has 2 saturated heterocycles. The normalized spacial score (nSPS) is 21.5. The second kappa shape index (κ2) is 12.3. The highest BCUT2D eigenvalue weighted by molar-refractivity contribution is 7.98. The van der Waals surface area contributed by atoms with Crippen molar-refractivity contribution in [2.24, 2.45) is 5.73 Å². The molecule has 35 heavy (non-hydrogen) atoms. The summed E-state index contributed by atoms with van der Waals surface area (Å²) in [6.07, 6.45) is 4.65. The number of nitrogens with one attached hydrogen (secondary N) is 1. The van der Waals surface area contributed by atoms with Gasteiger partial charge in [0, 0.05) is 13.1 Å². The Hall–Kier alpha value is -2.79. The lowest BCUT2D eigenvalue weighted by Crippen LogP contribution is -2.57. The van der Waals surface area contributed by atoms with Gasteiger partial charge < -0.3 is 31.1 Å². The summed E-state index contributed by atoms with van der Waals surface area (Å²) in [4.78, 5) is 53.9. The van der Waals surface area contributed by atoms with Gasteiger partial charge in [-0.1, -0.05) is 12.1 Å². The highest BCUT2D eigenvalue weighted by Gasteiger charge is 2.40. The van der Waals surface area contributed by atoms with Gasteiger partial charge in [0.05, 0.1) is 6.04 Å². The molecule has 4 atom stereocenters. The number of rotatable bonds is 10. The highest BCUT2D eigenvalue weighted by atomic mass is 32.2. The number of thioether (sulfide) groups is 1. The van der Waals surface area contributed by atoms with Crippen molar-refractivity contribution in [3.63, 3.8) is 0 Å². The number of carbonyl (C=O) groups is 4. The Balaban J connectivity index is 1.66. The summed E-state index contributed by atoms with van der Waals surface area (Å²) < 4.78 is 0. The molecule has 192 valence electrons. The first-order chi connectivity index (χ1) is 16.7. The van der Waals surface area contributed by atoms with Crippen LogP contribution in [-0.2, 0) is 25.6 Å². The molecule has 1 aromatic rings. The number of phenolic OH excluding ortho intramolecular Hbond substituents is 1. The van der Waals surface area contributed by atoms with Crippen LogP contribution in [0.1, 0.15) is 37.7 Å². The molecule has 0 radical (unpaired) electrons. The van der Waals surface area contributed by atoms with E-state index in [0.29, 0.717) is 50.9 Å². The van der Waals surface area contributed by atoms with E-state index in [4.69, 9.17) is 5.73 Å². The summed E-state index contributed by atoms with van der Waals surface area (Å²) in [5, 5.41) is 21.7. The lowest BCUT2D eigenvalue weighted by Gasteiger charge is -2.30. The van der Waals surface area contributed by atoms with E-state index in [1.54, 1.807) is 12.1 Å². The average Bonchev–Trinajstić information content (AvgIpc) is 3.52. The summed E-state index contributed by atoms with van der Waals surface area (Å²) in [6.45, 7) is 0.748. The third-order valence-corrected chi connectivity index (χ3v) is 7.24. The molecule has 2 aliphatic rings. The number of carboxylic acids is 1. The van der Waals surface area contributed by atoms with Gasteiger partial charge in [-0.05, 0) is 68.2 Å². The topological polar surface area (TPSA) is 153 Å². The standard InChI is InChI=1S/C24H34N4O6S/c1-35-13-10-18(23(32)28-12-3-5-20(28)24(33)34)26-21(30)19-4-2-11-27(19)22(31)17(25)14-15-6-8-16(29)9-7-15/h6-9,17-20,29H,2-5,10-14,25H2,1H3,(H,26,30)(H,33,34). The largest absolute Gasteiger partial charge is 0.508 e. The number of amides is 3. The monoisotopic (exact) mass is 506 g/mol. The fourth-order valence-corrected chi connectivity index (χ4v) is 5.21. The maximum Gasteiger partial charge on any atom is 0.326 e. The first kappa shape index (κ1) is 26.8. The molecule has 2 fully saturated rings. The van der Waals surface area contributed by atoms with Crippen LogP contribution in [0, 0.1) is 0 Å². The van der Waals surface area contributed by atoms with Crippen LogP contribution in [-0.4, -0.2) is 93.0 Å². The zero-order valence-electron chi connectivity index (χ0n) is 19.9. The van der Waals surface area contributed by atoms with Crippen LogP contribution in [0.5, 0.6) is 5.75 Å². The Bertz CT molecular complexity index is 927. The molecule has 5 N–H and O–H groups in total. The van der Waals surface area contributed by atoms with Crippen LogP contribution in [0.25, 0.3) is 0 Å². The number of nitrogens with two attached hydrogens (primary N) is 1. The van der Waals surface area contributed by atoms with E-state index < -0.39 is 42.0 Å². The van der Waals surface area contributed by atoms with E-state index >= 15 is 0 Å². The molecule has 0 aromatic heterocycles. The van der Waals surface area contributed by atoms with Crippen LogP contribution in [0.3, 0.4) is 0 Å². The number of aliphatic carboxylic acids is 1. The molecule has 0 bridgehead atoms. The van der Waals surface area contributed by atoms with Crippen LogP contribution in [0.4, 0.5) is 0 Å². The van der Waals surface area contributed by atoms with Crippen molar-refractivity contribution >= 4 is 35.5 Å². The zero-order valence-corrected chi connectivity index (χ0v) is 20.7. The summed E-state index contributed by atoms with van der Waals surface area (Å²) in [6, 6.07) is 3.15. The van der Waals surface area contributed by atoms with E-state index in [2.05, 4.69) is 5.32 Å². The van der Waals surface area contributed by atoms with E-state index in [-0.39, 0.29) is 18.1 Å². The number of phenols is 1. The number of carbonyl (C=O) groups excluding carboxylic acids is 3. The fraction of sp³-hybridized carbons (Fsp3) is 0.583. The number of benzene rings is 1. The smallest absolute Gasteiger partial charge is 0.326 e. The predicted molar refractivity (Wildman–Crippen MR) is 132 cm³/mol. The summed E-state index contributed by atoms with van der Waals surface area (Å²) in [7, 11) is 0. The minimum Gasteiger partial charge on any atom is -0.508 e. The molecule has 0 saturated carbocycles. The van der Waals surface area contributed by atoms with Crippen molar-refractivity contribution in [1.82, 2.24) is 15.1 Å². The molecule has 2 heterocycles. The minimum atomic E-state index is -1.04. The van der Waals surface area contributed by atoms with Gasteiger partial charge in [0.15, 0.2) is 0 Å². The Morgan fingerprint density at radius 1 is 1.06 bits per heavy atom. The number of hydrogen-bond acceptors (Lipinski definition) is 7. The number of nitrogens with zero attached hydrogens (tertiary/aromatic N) is 2. The van der Waals surface area contributed by atoms with E-state index in [1.165, 1.54) is 33.7 Å². The molecule has 2 aliphatic heterocycles. The molecule has 0 spiro atoms. The van der Waals surface area contributed by atoms with Gasteiger partial charge in [-0.3, -0.25) is 14.4 Å². The van der Waals surface area contributed by atoms with Crippen LogP contribution in [0.15, 0.2) is 24.3 Å². The molecule has 3 rings (SSSR count). The maximum atomic E-state index is 13.2. The first-order valence-corrected chi connectivity index (χ1v) is 13.3. The fourth-order valence-electron chi connectivity index (χ4n) is 4.74. The van der Waals surface area contributed by atoms with E-state index in [1.807, 2.05) is 6.26 Å². The number of aromatic hydroxyl groups is 1. The SMILES string of the molecule is CSCCC(NC(=O)C1CCCN1C(=O)C(N)Cc1ccc(O)cc1)C(=O)N1CCCC1C(=O)O. The summed E-state index contributed by atoms with van der Waals surface area (Å²) in [5.41, 5.74) is 6.96. The molecule has 11 heteroatoms. The number of hydrogen-bond donors (Lipinski definition) is 4. The Labute approximate surface area is 209 Å². The van der Waals surface area contributed by atoms with Crippen molar-refractivity contribution in [2.45, 2.75) is 62.7 Å². The Kier molecular flexibility index (Phi) is 9.39. The lowest BCUT2D eigenvalue weighted by atomic mass is 10.0. The van der Waals surface area contributed by atoms with Gasteiger partial charge in [-0.2, -0.15) is 11.8 Å². The van der Waals surface area contributed by atoms with E-state index in [9.17, 15) is 29.4 Å². The molecule has 1 aromatic carbocycles. The van der Waals surface area contributed by atoms with Crippen molar-refractivity contribution in [2.75, 3.05) is 25.1 Å². The summed E-state index contributed by atoms with van der Waals surface area (Å²) in [5.74, 6) is -1.45. The molecular formula is C24H34N4O6S. The second-order valence-electron chi connectivity index (χ2n) is 9.04. The van der Waals surface area contributed by atoms with Crippen LogP contribution < -0.4 is 11.1 Å². The Morgan fingerprint density at radius 2 is 1.66 bits per heavy atom. The quantitative estimate of drug-likeness (QED) is 0.359. The first-order valence-electron chi connectivity index (χ1n) is 11.9. The molecular weight excluding hydrogens is 472 g/mol. The second-order valence-corrected chi connectivity index (χ2v) is 10.0. The van der Waals surface area contributed by atoms with Crippen LogP contribution in [0.2, 0.25) is 0 Å². The highest BCUT2D eigenvalue weighted by Crippen LogP contribution is 2.22. The lowest BCUT2D eigenvalue weighted by molar-refractivity contribution is -0.149. The van der Waals surface area contributed by atoms with Crippen molar-refractivity contribution in [3.05, 3.63) is 29.8 Å². The van der Waals surface area contributed by atoms with Crippen LogP contribution >= 0.6 is 11.8 Å². The Morgan fingerprint density at radius 3 is 2.26 bits per heavy atom. The van der Waals surface area contributed by atoms with Gasteiger partial charge >= 0.3 is 5.97 Å². The number of likely N-dealkylation sites (tertiary alicyclic amines) is 2. The third kappa shape index (κ3) is 6.66. The zero-order chi connectivity index (χ0) is 25.5. The van der Waals surface area contributed by atoms with Crippen molar-refractivity contribution < 1.29 is 29.4 Å². The number of carboxylic acid groups (broad SMARTS) is 1. The van der Waals surface area contributed by atoms with Gasteiger partial charge in [-0.25, -0.2) is 4.79 Å². The van der Waals surface area contributed by atoms with E-state index in [0.717, 1.165) is 5.56 Å². The minimum absolute atomic E-state index is 0.124. The maximum absolute atomic E-state index is 13.2. The molecule has 4 unspecified atom stereocenters. The van der Waals surface area contributed by atoms with Gasteiger partial charge in [0.1, 0.15) is 23.9 Å². The average molecular weight is 507 g/mol.